The monoisotopic (exact) mass is 306 g/mol. The molecule has 0 spiro atoms. The van der Waals surface area contributed by atoms with Crippen molar-refractivity contribution in [2.45, 2.75) is 33.1 Å². The second-order valence-corrected chi connectivity index (χ2v) is 5.83. The molecule has 0 aromatic heterocycles. The predicted molar refractivity (Wildman–Crippen MR) is 71.5 cm³/mol. The summed E-state index contributed by atoms with van der Waals surface area (Å²) in [7, 11) is 0. The summed E-state index contributed by atoms with van der Waals surface area (Å²) in [4.78, 5) is 0. The van der Waals surface area contributed by atoms with Crippen LogP contribution in [0.1, 0.15) is 32.3 Å². The van der Waals surface area contributed by atoms with E-state index >= 15 is 0 Å². The van der Waals surface area contributed by atoms with E-state index < -0.39 is 0 Å². The quantitative estimate of drug-likeness (QED) is 0.658. The van der Waals surface area contributed by atoms with Crippen molar-refractivity contribution < 1.29 is 4.39 Å². The van der Waals surface area contributed by atoms with E-state index in [9.17, 15) is 4.39 Å². The van der Waals surface area contributed by atoms with Gasteiger partial charge in [-0.15, -0.1) is 11.6 Å². The van der Waals surface area contributed by atoms with Crippen LogP contribution in [-0.4, -0.2) is 5.88 Å². The van der Waals surface area contributed by atoms with Crippen LogP contribution in [0.5, 0.6) is 0 Å². The van der Waals surface area contributed by atoms with Crippen molar-refractivity contribution in [3.63, 3.8) is 0 Å². The average molecular weight is 308 g/mol. The van der Waals surface area contributed by atoms with Crippen molar-refractivity contribution in [3.05, 3.63) is 34.1 Å². The lowest BCUT2D eigenvalue weighted by molar-refractivity contribution is 0.334. The maximum absolute atomic E-state index is 13.2. The molecule has 1 rings (SSSR count). The topological polar surface area (TPSA) is 0 Å². The summed E-state index contributed by atoms with van der Waals surface area (Å²) in [5.74, 6) is 0.410. The molecule has 90 valence electrons. The summed E-state index contributed by atoms with van der Waals surface area (Å²) in [5, 5.41) is 0. The summed E-state index contributed by atoms with van der Waals surface area (Å²) >= 11 is 9.32. The third-order valence-corrected chi connectivity index (χ3v) is 3.83. The Bertz CT molecular complexity index is 334. The fraction of sp³-hybridized carbons (Fsp3) is 0.538. The van der Waals surface area contributed by atoms with Crippen LogP contribution < -0.4 is 0 Å². The lowest BCUT2D eigenvalue weighted by Gasteiger charge is -2.26. The minimum atomic E-state index is -0.196. The zero-order chi connectivity index (χ0) is 12.2. The highest BCUT2D eigenvalue weighted by atomic mass is 79.9. The summed E-state index contributed by atoms with van der Waals surface area (Å²) in [6.45, 7) is 4.30. The molecule has 1 unspecified atom stereocenters. The molecular weight excluding hydrogens is 290 g/mol. The van der Waals surface area contributed by atoms with Gasteiger partial charge >= 0.3 is 0 Å². The molecule has 0 N–H and O–H groups in total. The van der Waals surface area contributed by atoms with Crippen LogP contribution in [0.2, 0.25) is 0 Å². The molecule has 0 saturated carbocycles. The van der Waals surface area contributed by atoms with Crippen molar-refractivity contribution in [1.29, 1.82) is 0 Å². The van der Waals surface area contributed by atoms with E-state index in [1.54, 1.807) is 6.07 Å². The Balaban J connectivity index is 2.85. The van der Waals surface area contributed by atoms with Gasteiger partial charge < -0.3 is 0 Å². The second kappa shape index (κ2) is 6.02. The van der Waals surface area contributed by atoms with Crippen LogP contribution in [0.3, 0.4) is 0 Å². The van der Waals surface area contributed by atoms with Crippen LogP contribution in [0.25, 0.3) is 0 Å². The Hall–Kier alpha value is -0.0800. The minimum Gasteiger partial charge on any atom is -0.207 e. The number of alkyl halides is 1. The zero-order valence-electron chi connectivity index (χ0n) is 9.69. The van der Waals surface area contributed by atoms with Crippen LogP contribution in [0.4, 0.5) is 4.39 Å². The highest BCUT2D eigenvalue weighted by molar-refractivity contribution is 9.10. The number of halogens is 3. The summed E-state index contributed by atoms with van der Waals surface area (Å²) in [6.07, 6.45) is 2.98. The van der Waals surface area contributed by atoms with E-state index in [1.807, 2.05) is 6.07 Å². The van der Waals surface area contributed by atoms with Crippen molar-refractivity contribution in [1.82, 2.24) is 0 Å². The number of rotatable bonds is 5. The Morgan fingerprint density at radius 1 is 1.38 bits per heavy atom. The molecule has 0 aliphatic heterocycles. The molecule has 0 saturated heterocycles. The third kappa shape index (κ3) is 4.06. The molecule has 0 aliphatic carbocycles. The van der Waals surface area contributed by atoms with Crippen molar-refractivity contribution in [3.8, 4) is 0 Å². The van der Waals surface area contributed by atoms with Gasteiger partial charge in [-0.3, -0.25) is 0 Å². The normalized spacial score (nSPS) is 14.8. The largest absolute Gasteiger partial charge is 0.207 e. The molecule has 0 amide bonds. The highest BCUT2D eigenvalue weighted by Crippen LogP contribution is 2.30. The SMILES string of the molecule is CCCC(C)(CCl)Cc1cc(F)cc(Br)c1. The van der Waals surface area contributed by atoms with Crippen LogP contribution in [0, 0.1) is 11.2 Å². The first-order valence-electron chi connectivity index (χ1n) is 5.50. The summed E-state index contributed by atoms with van der Waals surface area (Å²) < 4.78 is 14.0. The van der Waals surface area contributed by atoms with Gasteiger partial charge in [-0.1, -0.05) is 36.2 Å². The van der Waals surface area contributed by atoms with Gasteiger partial charge in [0.1, 0.15) is 5.82 Å². The zero-order valence-corrected chi connectivity index (χ0v) is 12.0. The Morgan fingerprint density at radius 3 is 2.56 bits per heavy atom. The number of hydrogen-bond donors (Lipinski definition) is 0. The van der Waals surface area contributed by atoms with E-state index in [-0.39, 0.29) is 11.2 Å². The van der Waals surface area contributed by atoms with Crippen LogP contribution in [0.15, 0.2) is 22.7 Å². The molecule has 1 aromatic rings. The standard InChI is InChI=1S/C13H17BrClF/c1-3-4-13(2,9-15)8-10-5-11(14)7-12(16)6-10/h5-7H,3-4,8-9H2,1-2H3. The molecule has 0 radical (unpaired) electrons. The molecular formula is C13H17BrClF. The molecule has 0 bridgehead atoms. The number of benzene rings is 1. The van der Waals surface area contributed by atoms with Gasteiger partial charge in [-0.25, -0.2) is 4.39 Å². The van der Waals surface area contributed by atoms with Gasteiger partial charge in [0, 0.05) is 10.4 Å². The molecule has 16 heavy (non-hydrogen) atoms. The predicted octanol–water partition coefficient (Wildman–Crippen LogP) is 5.18. The molecule has 0 heterocycles. The third-order valence-electron chi connectivity index (χ3n) is 2.73. The molecule has 0 aliphatic rings. The fourth-order valence-electron chi connectivity index (χ4n) is 2.01. The highest BCUT2D eigenvalue weighted by Gasteiger charge is 2.22. The first-order valence-corrected chi connectivity index (χ1v) is 6.83. The van der Waals surface area contributed by atoms with Crippen LogP contribution in [-0.2, 0) is 6.42 Å². The van der Waals surface area contributed by atoms with Gasteiger partial charge in [0.2, 0.25) is 0 Å². The van der Waals surface area contributed by atoms with Crippen molar-refractivity contribution >= 4 is 27.5 Å². The smallest absolute Gasteiger partial charge is 0.124 e. The first kappa shape index (κ1) is 14.0. The Kier molecular flexibility index (Phi) is 5.26. The van der Waals surface area contributed by atoms with Crippen LogP contribution >= 0.6 is 27.5 Å². The number of hydrogen-bond acceptors (Lipinski definition) is 0. The first-order chi connectivity index (χ1) is 7.49. The summed E-state index contributed by atoms with van der Waals surface area (Å²) in [5.41, 5.74) is 1.06. The van der Waals surface area contributed by atoms with Gasteiger partial charge in [-0.05, 0) is 42.0 Å². The average Bonchev–Trinajstić information content (AvgIpc) is 2.16. The second-order valence-electron chi connectivity index (χ2n) is 4.65. The van der Waals surface area contributed by atoms with E-state index in [4.69, 9.17) is 11.6 Å². The Labute approximate surface area is 110 Å². The van der Waals surface area contributed by atoms with E-state index in [2.05, 4.69) is 29.8 Å². The fourth-order valence-corrected chi connectivity index (χ4v) is 2.75. The van der Waals surface area contributed by atoms with E-state index in [0.717, 1.165) is 29.3 Å². The molecule has 0 nitrogen and oxygen atoms in total. The summed E-state index contributed by atoms with van der Waals surface area (Å²) in [6, 6.07) is 5.02. The van der Waals surface area contributed by atoms with Gasteiger partial charge in [0.05, 0.1) is 0 Å². The van der Waals surface area contributed by atoms with Crippen molar-refractivity contribution in [2.75, 3.05) is 5.88 Å². The van der Waals surface area contributed by atoms with Gasteiger partial charge in [-0.2, -0.15) is 0 Å². The van der Waals surface area contributed by atoms with Gasteiger partial charge in [0.15, 0.2) is 0 Å². The molecule has 3 heteroatoms. The molecule has 0 fully saturated rings. The molecule has 1 atom stereocenters. The van der Waals surface area contributed by atoms with E-state index in [1.165, 1.54) is 6.07 Å². The lowest BCUT2D eigenvalue weighted by Crippen LogP contribution is -2.21. The van der Waals surface area contributed by atoms with Gasteiger partial charge in [0.25, 0.3) is 0 Å². The van der Waals surface area contributed by atoms with E-state index in [0.29, 0.717) is 5.88 Å². The minimum absolute atomic E-state index is 0.0591. The lowest BCUT2D eigenvalue weighted by atomic mass is 9.81. The maximum Gasteiger partial charge on any atom is 0.124 e. The molecule has 1 aromatic carbocycles. The van der Waals surface area contributed by atoms with Crippen molar-refractivity contribution in [2.24, 2.45) is 5.41 Å². The maximum atomic E-state index is 13.2. The Morgan fingerprint density at radius 2 is 2.06 bits per heavy atom.